The van der Waals surface area contributed by atoms with Crippen LogP contribution in [0.15, 0.2) is 65.8 Å². The summed E-state index contributed by atoms with van der Waals surface area (Å²) in [6.07, 6.45) is 1.18. The van der Waals surface area contributed by atoms with E-state index in [2.05, 4.69) is 0 Å². The largest absolute Gasteiger partial charge is 0.368 e. The molecule has 1 fully saturated rings. The van der Waals surface area contributed by atoms with Crippen molar-refractivity contribution in [1.29, 1.82) is 0 Å². The summed E-state index contributed by atoms with van der Waals surface area (Å²) < 4.78 is 0. The predicted molar refractivity (Wildman–Crippen MR) is 119 cm³/mol. The molecular formula is C23H22N6O3. The molecule has 2 N–H and O–H groups in total. The number of para-hydroxylation sites is 1. The van der Waals surface area contributed by atoms with Gasteiger partial charge in [0.15, 0.2) is 12.2 Å². The number of hydrogen-bond donors (Lipinski definition) is 1. The van der Waals surface area contributed by atoms with Crippen molar-refractivity contribution >= 4 is 35.2 Å². The lowest BCUT2D eigenvalue weighted by Crippen LogP contribution is -2.65. The number of benzene rings is 2. The number of aliphatic imine (C=N–C) groups is 1. The standard InChI is InChI=1S/C23H22N6O3/c1-14-8-6-7-11-16(14)29-17(15-9-4-3-5-10-15)12-27-19-20(25-22(27)29)26(2)23(32)28(21(19)31)13-18(24)30/h3-12,19-20H,13H2,1-2H3,(H2,24,30). The molecule has 3 aliphatic heterocycles. The minimum absolute atomic E-state index is 0.467. The third-order valence-electron chi connectivity index (χ3n) is 5.95. The van der Waals surface area contributed by atoms with Gasteiger partial charge in [0.25, 0.3) is 5.91 Å². The van der Waals surface area contributed by atoms with Crippen molar-refractivity contribution < 1.29 is 14.4 Å². The molecule has 0 spiro atoms. The highest BCUT2D eigenvalue weighted by atomic mass is 16.2. The van der Waals surface area contributed by atoms with E-state index < -0.39 is 36.6 Å². The van der Waals surface area contributed by atoms with Crippen LogP contribution in [-0.2, 0) is 9.59 Å². The van der Waals surface area contributed by atoms with Crippen LogP contribution < -0.4 is 10.6 Å². The summed E-state index contributed by atoms with van der Waals surface area (Å²) in [4.78, 5) is 48.4. The second-order valence-electron chi connectivity index (χ2n) is 7.98. The molecule has 1 saturated heterocycles. The number of fused-ring (bicyclic) bond motifs is 3. The highest BCUT2D eigenvalue weighted by Gasteiger charge is 2.55. The molecule has 5 rings (SSSR count). The maximum Gasteiger partial charge on any atom is 0.328 e. The number of urea groups is 1. The smallest absolute Gasteiger partial charge is 0.328 e. The Balaban J connectivity index is 1.63. The van der Waals surface area contributed by atoms with Crippen molar-refractivity contribution in [2.45, 2.75) is 19.1 Å². The van der Waals surface area contributed by atoms with Crippen LogP contribution in [0.3, 0.4) is 0 Å². The van der Waals surface area contributed by atoms with E-state index in [0.717, 1.165) is 27.4 Å². The van der Waals surface area contributed by atoms with E-state index in [4.69, 9.17) is 10.7 Å². The van der Waals surface area contributed by atoms with Crippen molar-refractivity contribution in [2.75, 3.05) is 18.5 Å². The molecule has 4 amide bonds. The minimum atomic E-state index is -0.778. The number of imide groups is 1. The van der Waals surface area contributed by atoms with E-state index in [-0.39, 0.29) is 0 Å². The first-order chi connectivity index (χ1) is 15.4. The highest BCUT2D eigenvalue weighted by molar-refractivity contribution is 6.16. The van der Waals surface area contributed by atoms with Gasteiger partial charge in [0.1, 0.15) is 6.54 Å². The van der Waals surface area contributed by atoms with Crippen LogP contribution in [0.5, 0.6) is 0 Å². The molecule has 0 radical (unpaired) electrons. The number of nitrogens with two attached hydrogens (primary N) is 1. The Hall–Kier alpha value is -4.14. The summed E-state index contributed by atoms with van der Waals surface area (Å²) >= 11 is 0. The summed E-state index contributed by atoms with van der Waals surface area (Å²) in [6.45, 7) is 1.55. The first-order valence-electron chi connectivity index (χ1n) is 10.2. The quantitative estimate of drug-likeness (QED) is 0.793. The summed E-state index contributed by atoms with van der Waals surface area (Å²) in [5, 5.41) is 0. The summed E-state index contributed by atoms with van der Waals surface area (Å²) in [7, 11) is 1.58. The molecule has 2 aromatic carbocycles. The molecule has 32 heavy (non-hydrogen) atoms. The monoisotopic (exact) mass is 430 g/mol. The number of amides is 4. The Morgan fingerprint density at radius 2 is 1.75 bits per heavy atom. The van der Waals surface area contributed by atoms with Crippen LogP contribution in [0.2, 0.25) is 0 Å². The average Bonchev–Trinajstić information content (AvgIpc) is 3.32. The Morgan fingerprint density at radius 3 is 2.44 bits per heavy atom. The molecule has 0 saturated carbocycles. The number of primary amides is 1. The molecule has 3 aliphatic rings. The summed E-state index contributed by atoms with van der Waals surface area (Å²) in [6, 6.07) is 16.4. The van der Waals surface area contributed by atoms with E-state index >= 15 is 0 Å². The van der Waals surface area contributed by atoms with Gasteiger partial charge in [-0.05, 0) is 18.6 Å². The van der Waals surface area contributed by atoms with Crippen molar-refractivity contribution in [1.82, 2.24) is 14.7 Å². The van der Waals surface area contributed by atoms with Crippen LogP contribution in [0.4, 0.5) is 10.5 Å². The fourth-order valence-electron chi connectivity index (χ4n) is 4.40. The Kier molecular flexibility index (Phi) is 4.47. The number of nitrogens with zero attached hydrogens (tertiary/aromatic N) is 5. The van der Waals surface area contributed by atoms with E-state index in [0.29, 0.717) is 5.96 Å². The number of anilines is 1. The molecule has 0 aromatic heterocycles. The molecule has 2 unspecified atom stereocenters. The molecule has 9 nitrogen and oxygen atoms in total. The lowest BCUT2D eigenvalue weighted by molar-refractivity contribution is -0.139. The molecule has 162 valence electrons. The van der Waals surface area contributed by atoms with Crippen LogP contribution in [0.1, 0.15) is 11.1 Å². The third kappa shape index (κ3) is 2.85. The van der Waals surface area contributed by atoms with Crippen LogP contribution in [-0.4, -0.2) is 64.3 Å². The van der Waals surface area contributed by atoms with E-state index in [1.54, 1.807) is 11.9 Å². The fraction of sp³-hybridized carbons (Fsp3) is 0.217. The zero-order valence-corrected chi connectivity index (χ0v) is 17.7. The Labute approximate surface area is 185 Å². The van der Waals surface area contributed by atoms with Gasteiger partial charge in [-0.2, -0.15) is 0 Å². The van der Waals surface area contributed by atoms with Gasteiger partial charge >= 0.3 is 6.03 Å². The van der Waals surface area contributed by atoms with Gasteiger partial charge in [-0.25, -0.2) is 9.79 Å². The first kappa shape index (κ1) is 19.8. The van der Waals surface area contributed by atoms with Crippen molar-refractivity contribution in [3.05, 3.63) is 71.9 Å². The van der Waals surface area contributed by atoms with Gasteiger partial charge in [-0.3, -0.25) is 24.3 Å². The van der Waals surface area contributed by atoms with E-state index in [1.165, 1.54) is 4.90 Å². The molecule has 2 aromatic rings. The molecule has 3 heterocycles. The predicted octanol–water partition coefficient (Wildman–Crippen LogP) is 1.56. The zero-order valence-electron chi connectivity index (χ0n) is 17.7. The zero-order chi connectivity index (χ0) is 22.6. The van der Waals surface area contributed by atoms with Gasteiger partial charge < -0.3 is 10.6 Å². The molecule has 0 aliphatic carbocycles. The maximum absolute atomic E-state index is 13.3. The second-order valence-corrected chi connectivity index (χ2v) is 7.98. The third-order valence-corrected chi connectivity index (χ3v) is 5.95. The normalized spacial score (nSPS) is 22.1. The molecular weight excluding hydrogens is 408 g/mol. The maximum atomic E-state index is 13.3. The van der Waals surface area contributed by atoms with E-state index in [9.17, 15) is 14.4 Å². The Morgan fingerprint density at radius 1 is 1.06 bits per heavy atom. The van der Waals surface area contributed by atoms with E-state index in [1.807, 2.05) is 72.6 Å². The van der Waals surface area contributed by atoms with Gasteiger partial charge in [0.2, 0.25) is 11.9 Å². The fourth-order valence-corrected chi connectivity index (χ4v) is 4.40. The van der Waals surface area contributed by atoms with Crippen LogP contribution >= 0.6 is 0 Å². The number of rotatable bonds is 4. The SMILES string of the molecule is Cc1ccccc1N1C(c2ccccc2)=CN2C1=NC1C2C(=O)N(CC(N)=O)C(=O)N1C. The number of aryl methyl sites for hydroxylation is 1. The number of carbonyl (C=O) groups is 3. The topological polar surface area (TPSA) is 103 Å². The second kappa shape index (κ2) is 7.23. The van der Waals surface area contributed by atoms with Crippen molar-refractivity contribution in [3.63, 3.8) is 0 Å². The lowest BCUT2D eigenvalue weighted by atomic mass is 10.1. The highest BCUT2D eigenvalue weighted by Crippen LogP contribution is 2.40. The first-order valence-corrected chi connectivity index (χ1v) is 10.2. The summed E-state index contributed by atoms with van der Waals surface area (Å²) in [5.74, 6) is -0.686. The van der Waals surface area contributed by atoms with Gasteiger partial charge in [0, 0.05) is 18.8 Å². The average molecular weight is 430 g/mol. The van der Waals surface area contributed by atoms with Crippen molar-refractivity contribution in [2.24, 2.45) is 10.7 Å². The number of hydrogen-bond acceptors (Lipinski definition) is 6. The number of likely N-dealkylation sites (N-methyl/N-ethyl adjacent to an activating group) is 1. The van der Waals surface area contributed by atoms with Crippen LogP contribution in [0.25, 0.3) is 5.70 Å². The van der Waals surface area contributed by atoms with Crippen LogP contribution in [0, 0.1) is 6.92 Å². The minimum Gasteiger partial charge on any atom is -0.368 e. The Bertz CT molecular complexity index is 1190. The van der Waals surface area contributed by atoms with Crippen molar-refractivity contribution in [3.8, 4) is 0 Å². The van der Waals surface area contributed by atoms with Gasteiger partial charge in [-0.1, -0.05) is 48.5 Å². The molecule has 0 bridgehead atoms. The lowest BCUT2D eigenvalue weighted by Gasteiger charge is -2.39. The number of guanidine groups is 1. The number of carbonyl (C=O) groups excluding carboxylic acids is 3. The molecule has 9 heteroatoms. The van der Waals surface area contributed by atoms with Gasteiger partial charge in [-0.15, -0.1) is 0 Å². The van der Waals surface area contributed by atoms with Gasteiger partial charge in [0.05, 0.1) is 11.4 Å². The molecule has 2 atom stereocenters. The summed E-state index contributed by atoms with van der Waals surface area (Å²) in [5.41, 5.74) is 9.08.